The Bertz CT molecular complexity index is 48.2. The fraction of sp³-hybridized carbons (Fsp3) is 1.00. The third-order valence-corrected chi connectivity index (χ3v) is 1.25. The minimum Gasteiger partial charge on any atom is -0.379 e. The molecule has 56 valence electrons. The van der Waals surface area contributed by atoms with Crippen molar-refractivity contribution in [1.29, 1.82) is 0 Å². The van der Waals surface area contributed by atoms with Gasteiger partial charge in [-0.1, -0.05) is 11.9 Å². The number of rotatable bonds is 6. The molecule has 0 heterocycles. The molecule has 0 aromatic rings. The van der Waals surface area contributed by atoms with Gasteiger partial charge in [0.2, 0.25) is 0 Å². The molecule has 9 heavy (non-hydrogen) atoms. The predicted octanol–water partition coefficient (Wildman–Crippen LogP) is -0.171. The highest BCUT2D eigenvalue weighted by molar-refractivity contribution is 7.96. The highest BCUT2D eigenvalue weighted by Crippen LogP contribution is 1.79. The van der Waals surface area contributed by atoms with E-state index in [-0.39, 0.29) is 0 Å². The average Bonchev–Trinajstić information content (AvgIpc) is 1.89. The van der Waals surface area contributed by atoms with Gasteiger partial charge in [0.1, 0.15) is 0 Å². The topological polar surface area (TPSA) is 47.3 Å². The predicted molar refractivity (Wildman–Crippen MR) is 41.4 cm³/mol. The fourth-order valence-corrected chi connectivity index (χ4v) is 0.689. The van der Waals surface area contributed by atoms with Gasteiger partial charge in [0.15, 0.2) is 0 Å². The average molecular weight is 150 g/mol. The van der Waals surface area contributed by atoms with Gasteiger partial charge in [-0.2, -0.15) is 0 Å². The summed E-state index contributed by atoms with van der Waals surface area (Å²) in [5.74, 6) is 0. The molecule has 0 rings (SSSR count). The molecule has 0 aliphatic rings. The molecule has 0 atom stereocenters. The summed E-state index contributed by atoms with van der Waals surface area (Å²) in [7, 11) is 0. The Labute approximate surface area is 60.5 Å². The first-order valence-electron chi connectivity index (χ1n) is 2.95. The summed E-state index contributed by atoms with van der Waals surface area (Å²) in [6.07, 6.45) is 1.99. The van der Waals surface area contributed by atoms with E-state index in [1.54, 1.807) is 11.9 Å². The first-order chi connectivity index (χ1) is 4.41. The second-order valence-corrected chi connectivity index (χ2v) is 2.20. The Morgan fingerprint density at radius 3 is 2.89 bits per heavy atom. The first kappa shape index (κ1) is 9.23. The molecule has 4 heteroatoms. The van der Waals surface area contributed by atoms with Gasteiger partial charge in [0.05, 0.1) is 13.2 Å². The van der Waals surface area contributed by atoms with Crippen LogP contribution in [0.5, 0.6) is 0 Å². The van der Waals surface area contributed by atoms with Crippen LogP contribution in [0.4, 0.5) is 0 Å². The minimum absolute atomic E-state index is 0.610. The van der Waals surface area contributed by atoms with E-state index in [1.165, 1.54) is 0 Å². The minimum atomic E-state index is 0.610. The Morgan fingerprint density at radius 1 is 1.56 bits per heavy atom. The van der Waals surface area contributed by atoms with Crippen LogP contribution in [-0.2, 0) is 4.74 Å². The molecule has 0 spiro atoms. The number of hydrogen-bond acceptors (Lipinski definition) is 4. The normalized spacial score (nSPS) is 10.0. The van der Waals surface area contributed by atoms with Crippen molar-refractivity contribution in [3.8, 4) is 0 Å². The van der Waals surface area contributed by atoms with Crippen LogP contribution in [0.25, 0.3) is 0 Å². The van der Waals surface area contributed by atoms with Crippen LogP contribution in [0.15, 0.2) is 0 Å². The van der Waals surface area contributed by atoms with Crippen molar-refractivity contribution in [3.63, 3.8) is 0 Å². The zero-order chi connectivity index (χ0) is 6.95. The second kappa shape index (κ2) is 8.23. The summed E-state index contributed by atoms with van der Waals surface area (Å²) >= 11 is 1.60. The standard InChI is InChI=1S/C5H14N2OS/c1-9-7-3-5-8-4-2-6/h7H,2-6H2,1H3. The van der Waals surface area contributed by atoms with E-state index in [9.17, 15) is 0 Å². The van der Waals surface area contributed by atoms with E-state index in [0.717, 1.165) is 13.2 Å². The van der Waals surface area contributed by atoms with Gasteiger partial charge < -0.3 is 10.5 Å². The van der Waals surface area contributed by atoms with Crippen LogP contribution in [0, 0.1) is 0 Å². The molecule has 0 unspecified atom stereocenters. The zero-order valence-electron chi connectivity index (χ0n) is 5.72. The number of hydrogen-bond donors (Lipinski definition) is 2. The SMILES string of the molecule is CSNCCOCCN. The quantitative estimate of drug-likeness (QED) is 0.407. The molecule has 0 radical (unpaired) electrons. The van der Waals surface area contributed by atoms with Crippen LogP contribution < -0.4 is 10.5 Å². The lowest BCUT2D eigenvalue weighted by atomic mass is 10.7. The van der Waals surface area contributed by atoms with Gasteiger partial charge in [-0.3, -0.25) is 4.72 Å². The molecular formula is C5H14N2OS. The summed E-state index contributed by atoms with van der Waals surface area (Å²) < 4.78 is 8.14. The number of nitrogens with one attached hydrogen (secondary N) is 1. The van der Waals surface area contributed by atoms with Crippen molar-refractivity contribution in [3.05, 3.63) is 0 Å². The third-order valence-electron chi connectivity index (χ3n) is 0.755. The fourth-order valence-electron chi connectivity index (χ4n) is 0.401. The van der Waals surface area contributed by atoms with Gasteiger partial charge in [0.25, 0.3) is 0 Å². The third kappa shape index (κ3) is 8.23. The molecule has 0 fully saturated rings. The van der Waals surface area contributed by atoms with Crippen molar-refractivity contribution in [2.45, 2.75) is 0 Å². The maximum absolute atomic E-state index is 5.19. The molecule has 0 saturated heterocycles. The Kier molecular flexibility index (Phi) is 8.44. The van der Waals surface area contributed by atoms with Crippen LogP contribution >= 0.6 is 11.9 Å². The maximum Gasteiger partial charge on any atom is 0.0600 e. The van der Waals surface area contributed by atoms with Crippen molar-refractivity contribution < 1.29 is 4.74 Å². The van der Waals surface area contributed by atoms with Gasteiger partial charge in [-0.05, 0) is 6.26 Å². The Hall–Kier alpha value is 0.230. The smallest absolute Gasteiger partial charge is 0.0600 e. The van der Waals surface area contributed by atoms with E-state index in [2.05, 4.69) is 4.72 Å². The Balaban J connectivity index is 2.60. The molecule has 3 nitrogen and oxygen atoms in total. The molecule has 0 saturated carbocycles. The summed E-state index contributed by atoms with van der Waals surface area (Å²) in [6, 6.07) is 0. The van der Waals surface area contributed by atoms with E-state index < -0.39 is 0 Å². The van der Waals surface area contributed by atoms with Crippen LogP contribution in [-0.4, -0.2) is 32.6 Å². The number of nitrogens with two attached hydrogens (primary N) is 1. The van der Waals surface area contributed by atoms with Gasteiger partial charge in [0, 0.05) is 13.1 Å². The van der Waals surface area contributed by atoms with E-state index in [1.807, 2.05) is 6.26 Å². The van der Waals surface area contributed by atoms with Gasteiger partial charge in [-0.25, -0.2) is 0 Å². The van der Waals surface area contributed by atoms with Crippen molar-refractivity contribution in [2.24, 2.45) is 5.73 Å². The molecule has 3 N–H and O–H groups in total. The lowest BCUT2D eigenvalue weighted by Gasteiger charge is -2.00. The summed E-state index contributed by atoms with van der Waals surface area (Å²) in [5, 5.41) is 0. The summed E-state index contributed by atoms with van der Waals surface area (Å²) in [6.45, 7) is 2.91. The Morgan fingerprint density at radius 2 is 2.33 bits per heavy atom. The lowest BCUT2D eigenvalue weighted by molar-refractivity contribution is 0.147. The van der Waals surface area contributed by atoms with Crippen LogP contribution in [0.2, 0.25) is 0 Å². The number of ether oxygens (including phenoxy) is 1. The second-order valence-electron chi connectivity index (χ2n) is 1.50. The summed E-state index contributed by atoms with van der Waals surface area (Å²) in [5.41, 5.74) is 5.19. The van der Waals surface area contributed by atoms with Gasteiger partial charge >= 0.3 is 0 Å². The van der Waals surface area contributed by atoms with E-state index in [0.29, 0.717) is 13.2 Å². The molecule has 0 aromatic carbocycles. The zero-order valence-corrected chi connectivity index (χ0v) is 6.54. The molecule has 0 bridgehead atoms. The monoisotopic (exact) mass is 150 g/mol. The summed E-state index contributed by atoms with van der Waals surface area (Å²) in [4.78, 5) is 0. The van der Waals surface area contributed by atoms with Crippen LogP contribution in [0.3, 0.4) is 0 Å². The van der Waals surface area contributed by atoms with Crippen LogP contribution in [0.1, 0.15) is 0 Å². The highest BCUT2D eigenvalue weighted by Gasteiger charge is 1.83. The van der Waals surface area contributed by atoms with Crippen molar-refractivity contribution >= 4 is 11.9 Å². The molecule has 0 aromatic heterocycles. The molecule has 0 amide bonds. The highest BCUT2D eigenvalue weighted by atomic mass is 32.2. The first-order valence-corrected chi connectivity index (χ1v) is 4.18. The molecular weight excluding hydrogens is 136 g/mol. The van der Waals surface area contributed by atoms with Gasteiger partial charge in [-0.15, -0.1) is 0 Å². The molecule has 0 aliphatic heterocycles. The maximum atomic E-state index is 5.19. The van der Waals surface area contributed by atoms with Crippen molar-refractivity contribution in [1.82, 2.24) is 4.72 Å². The van der Waals surface area contributed by atoms with E-state index >= 15 is 0 Å². The molecule has 0 aliphatic carbocycles. The van der Waals surface area contributed by atoms with E-state index in [4.69, 9.17) is 10.5 Å². The van der Waals surface area contributed by atoms with Crippen molar-refractivity contribution in [2.75, 3.05) is 32.6 Å². The lowest BCUT2D eigenvalue weighted by Crippen LogP contribution is -2.15. The largest absolute Gasteiger partial charge is 0.379 e.